The molecule has 0 aromatic carbocycles. The summed E-state index contributed by atoms with van der Waals surface area (Å²) in [6, 6.07) is 0. The molecule has 24 heavy (non-hydrogen) atoms. The number of aromatic nitrogens is 2. The van der Waals surface area contributed by atoms with Crippen LogP contribution in [0.3, 0.4) is 0 Å². The molecule has 1 aliphatic carbocycles. The number of nitrogens with zero attached hydrogens (tertiary/aromatic N) is 3. The van der Waals surface area contributed by atoms with E-state index >= 15 is 0 Å². The van der Waals surface area contributed by atoms with E-state index in [9.17, 15) is 9.59 Å². The smallest absolute Gasteiger partial charge is 0.248 e. The lowest BCUT2D eigenvalue weighted by Crippen LogP contribution is -2.35. The molecule has 3 rings (SSSR count). The molecule has 0 unspecified atom stereocenters. The third-order valence-corrected chi connectivity index (χ3v) is 5.19. The largest absolute Gasteiger partial charge is 0.369 e. The van der Waals surface area contributed by atoms with Gasteiger partial charge in [0.15, 0.2) is 0 Å². The molecule has 7 nitrogen and oxygen atoms in total. The molecule has 2 atom stereocenters. The van der Waals surface area contributed by atoms with Gasteiger partial charge in [-0.1, -0.05) is 19.3 Å². The van der Waals surface area contributed by atoms with E-state index in [4.69, 9.17) is 10.5 Å². The average Bonchev–Trinajstić information content (AvgIpc) is 3.20. The standard InChI is InChI=1S/C17H26N4O3/c1-20-8-12(7-19-20)14-9-21(10-15(14)17(18)23)16(22)11-24-13-5-3-2-4-6-13/h7-8,13-15H,2-6,9-11H2,1H3,(H2,18,23)/t14-,15+/m1/s1. The molecule has 0 bridgehead atoms. The number of likely N-dealkylation sites (tertiary alicyclic amines) is 1. The summed E-state index contributed by atoms with van der Waals surface area (Å²) in [4.78, 5) is 26.0. The fourth-order valence-corrected chi connectivity index (χ4v) is 3.78. The lowest BCUT2D eigenvalue weighted by atomic mass is 9.90. The zero-order valence-corrected chi connectivity index (χ0v) is 14.2. The summed E-state index contributed by atoms with van der Waals surface area (Å²) in [7, 11) is 1.83. The van der Waals surface area contributed by atoms with Gasteiger partial charge in [0.25, 0.3) is 0 Å². The van der Waals surface area contributed by atoms with Crippen LogP contribution >= 0.6 is 0 Å². The molecule has 1 aliphatic heterocycles. The number of nitrogens with two attached hydrogens (primary N) is 1. The topological polar surface area (TPSA) is 90.5 Å². The molecule has 1 aromatic rings. The van der Waals surface area contributed by atoms with Crippen LogP contribution in [0.1, 0.15) is 43.6 Å². The van der Waals surface area contributed by atoms with Crippen molar-refractivity contribution in [3.05, 3.63) is 18.0 Å². The average molecular weight is 334 g/mol. The molecule has 7 heteroatoms. The van der Waals surface area contributed by atoms with Crippen molar-refractivity contribution in [1.29, 1.82) is 0 Å². The molecule has 0 radical (unpaired) electrons. The number of hydrogen-bond acceptors (Lipinski definition) is 4. The van der Waals surface area contributed by atoms with Crippen LogP contribution in [-0.4, -0.2) is 52.3 Å². The number of amides is 2. The van der Waals surface area contributed by atoms with Crippen molar-refractivity contribution in [2.75, 3.05) is 19.7 Å². The summed E-state index contributed by atoms with van der Waals surface area (Å²) in [6.45, 7) is 0.948. The molecule has 1 aromatic heterocycles. The summed E-state index contributed by atoms with van der Waals surface area (Å²) in [5.74, 6) is -0.881. The molecule has 2 heterocycles. The number of ether oxygens (including phenoxy) is 1. The lowest BCUT2D eigenvalue weighted by molar-refractivity contribution is -0.138. The second-order valence-electron chi connectivity index (χ2n) is 6.93. The van der Waals surface area contributed by atoms with Crippen molar-refractivity contribution < 1.29 is 14.3 Å². The number of hydrogen-bond donors (Lipinski definition) is 1. The van der Waals surface area contributed by atoms with Gasteiger partial charge in [0, 0.05) is 32.3 Å². The van der Waals surface area contributed by atoms with E-state index in [1.165, 1.54) is 19.3 Å². The van der Waals surface area contributed by atoms with Gasteiger partial charge in [0.1, 0.15) is 6.61 Å². The van der Waals surface area contributed by atoms with Crippen molar-refractivity contribution >= 4 is 11.8 Å². The Labute approximate surface area is 142 Å². The maximum absolute atomic E-state index is 12.5. The number of aryl methyl sites for hydroxylation is 1. The van der Waals surface area contributed by atoms with Crippen LogP contribution in [0.4, 0.5) is 0 Å². The minimum absolute atomic E-state index is 0.0572. The Balaban J connectivity index is 1.59. The first kappa shape index (κ1) is 17.0. The Morgan fingerprint density at radius 3 is 2.67 bits per heavy atom. The van der Waals surface area contributed by atoms with E-state index in [2.05, 4.69) is 5.10 Å². The predicted octanol–water partition coefficient (Wildman–Crippen LogP) is 0.797. The quantitative estimate of drug-likeness (QED) is 0.862. The molecule has 132 valence electrons. The summed E-state index contributed by atoms with van der Waals surface area (Å²) < 4.78 is 7.47. The molecule has 2 N–H and O–H groups in total. The first-order valence-electron chi connectivity index (χ1n) is 8.72. The number of rotatable bonds is 5. The maximum Gasteiger partial charge on any atom is 0.248 e. The third-order valence-electron chi connectivity index (χ3n) is 5.19. The van der Waals surface area contributed by atoms with Crippen LogP contribution in [0.15, 0.2) is 12.4 Å². The SMILES string of the molecule is Cn1cc([C@H]2CN(C(=O)COC3CCCCC3)C[C@@H]2C(N)=O)cn1. The van der Waals surface area contributed by atoms with Gasteiger partial charge in [0.2, 0.25) is 11.8 Å². The lowest BCUT2D eigenvalue weighted by Gasteiger charge is -2.23. The Morgan fingerprint density at radius 2 is 2.04 bits per heavy atom. The van der Waals surface area contributed by atoms with Crippen LogP contribution in [0.2, 0.25) is 0 Å². The van der Waals surface area contributed by atoms with Crippen molar-refractivity contribution in [2.45, 2.75) is 44.1 Å². The minimum Gasteiger partial charge on any atom is -0.369 e. The molecule has 0 spiro atoms. The highest BCUT2D eigenvalue weighted by Gasteiger charge is 2.40. The van der Waals surface area contributed by atoms with Gasteiger partial charge >= 0.3 is 0 Å². The van der Waals surface area contributed by atoms with Gasteiger partial charge in [-0.2, -0.15) is 5.10 Å². The first-order chi connectivity index (χ1) is 11.5. The van der Waals surface area contributed by atoms with Crippen LogP contribution in [-0.2, 0) is 21.4 Å². The van der Waals surface area contributed by atoms with Gasteiger partial charge < -0.3 is 15.4 Å². The maximum atomic E-state index is 12.5. The zero-order valence-electron chi connectivity index (χ0n) is 14.2. The molecule has 2 amide bonds. The van der Waals surface area contributed by atoms with Crippen LogP contribution in [0, 0.1) is 5.92 Å². The van der Waals surface area contributed by atoms with E-state index in [-0.39, 0.29) is 36.4 Å². The Morgan fingerprint density at radius 1 is 1.29 bits per heavy atom. The van der Waals surface area contributed by atoms with Crippen LogP contribution in [0.5, 0.6) is 0 Å². The monoisotopic (exact) mass is 334 g/mol. The highest BCUT2D eigenvalue weighted by Crippen LogP contribution is 2.32. The Kier molecular flexibility index (Phi) is 5.18. The second-order valence-corrected chi connectivity index (χ2v) is 6.93. The summed E-state index contributed by atoms with van der Waals surface area (Å²) in [5, 5.41) is 4.16. The predicted molar refractivity (Wildman–Crippen MR) is 88.0 cm³/mol. The zero-order chi connectivity index (χ0) is 17.1. The number of carbonyl (C=O) groups excluding carboxylic acids is 2. The summed E-state index contributed by atoms with van der Waals surface area (Å²) in [5.41, 5.74) is 6.50. The first-order valence-corrected chi connectivity index (χ1v) is 8.72. The molecule has 2 fully saturated rings. The van der Waals surface area contributed by atoms with Crippen LogP contribution in [0.25, 0.3) is 0 Å². The van der Waals surface area contributed by atoms with Crippen molar-refractivity contribution in [2.24, 2.45) is 18.7 Å². The second kappa shape index (κ2) is 7.34. The van der Waals surface area contributed by atoms with Gasteiger partial charge in [-0.25, -0.2) is 0 Å². The molecule has 1 saturated heterocycles. The van der Waals surface area contributed by atoms with E-state index in [0.717, 1.165) is 18.4 Å². The third kappa shape index (κ3) is 3.77. The number of primary amides is 1. The Bertz CT molecular complexity index is 594. The van der Waals surface area contributed by atoms with Gasteiger partial charge in [-0.15, -0.1) is 0 Å². The normalized spacial score (nSPS) is 25.1. The molecular formula is C17H26N4O3. The van der Waals surface area contributed by atoms with Crippen molar-refractivity contribution in [3.63, 3.8) is 0 Å². The van der Waals surface area contributed by atoms with Crippen molar-refractivity contribution in [1.82, 2.24) is 14.7 Å². The van der Waals surface area contributed by atoms with E-state index in [1.54, 1.807) is 15.8 Å². The Hall–Kier alpha value is -1.89. The fourth-order valence-electron chi connectivity index (χ4n) is 3.78. The molecular weight excluding hydrogens is 308 g/mol. The fraction of sp³-hybridized carbons (Fsp3) is 0.706. The van der Waals surface area contributed by atoms with Gasteiger partial charge in [0.05, 0.1) is 18.2 Å². The minimum atomic E-state index is -0.368. The van der Waals surface area contributed by atoms with Gasteiger partial charge in [-0.3, -0.25) is 14.3 Å². The number of carbonyl (C=O) groups is 2. The van der Waals surface area contributed by atoms with Crippen molar-refractivity contribution in [3.8, 4) is 0 Å². The molecule has 2 aliphatic rings. The van der Waals surface area contributed by atoms with E-state index < -0.39 is 0 Å². The summed E-state index contributed by atoms with van der Waals surface area (Å²) >= 11 is 0. The highest BCUT2D eigenvalue weighted by molar-refractivity contribution is 5.82. The van der Waals surface area contributed by atoms with E-state index in [1.807, 2.05) is 13.2 Å². The van der Waals surface area contributed by atoms with Crippen LogP contribution < -0.4 is 5.73 Å². The highest BCUT2D eigenvalue weighted by atomic mass is 16.5. The molecule has 1 saturated carbocycles. The summed E-state index contributed by atoms with van der Waals surface area (Å²) in [6.07, 6.45) is 9.51. The van der Waals surface area contributed by atoms with Gasteiger partial charge in [-0.05, 0) is 18.4 Å². The van der Waals surface area contributed by atoms with E-state index in [0.29, 0.717) is 13.1 Å².